The van der Waals surface area contributed by atoms with Crippen LogP contribution in [-0.4, -0.2) is 24.2 Å². The van der Waals surface area contributed by atoms with Crippen LogP contribution in [0.1, 0.15) is 47.2 Å². The first kappa shape index (κ1) is 24.0. The maximum absolute atomic E-state index is 14.2. The van der Waals surface area contributed by atoms with Crippen molar-refractivity contribution in [3.05, 3.63) is 83.2 Å². The predicted molar refractivity (Wildman–Crippen MR) is 124 cm³/mol. The van der Waals surface area contributed by atoms with E-state index < -0.39 is 11.9 Å². The highest BCUT2D eigenvalue weighted by Gasteiger charge is 2.15. The van der Waals surface area contributed by atoms with E-state index in [9.17, 15) is 14.0 Å². The number of ether oxygens (including phenoxy) is 2. The third-order valence-corrected chi connectivity index (χ3v) is 5.02. The standard InChI is InChI=1S/C24H21FO5.C3H6/c1-15-12-17(21-14-18(29-2)8-10-22(21)25)7-9-20(15)24(28)30-19-5-3-4-16(13-19)6-11-23(26)27;1-2-3-1/h3-5,7-10,12-14H,6,11H2,1-2H3,(H,26,27);1-3H2. The maximum Gasteiger partial charge on any atom is 0.343 e. The number of carbonyl (C=O) groups is 2. The number of halogens is 1. The third-order valence-electron chi connectivity index (χ3n) is 5.02. The molecule has 0 aromatic heterocycles. The van der Waals surface area contributed by atoms with Gasteiger partial charge in [0.1, 0.15) is 17.3 Å². The summed E-state index contributed by atoms with van der Waals surface area (Å²) in [6.45, 7) is 1.75. The molecule has 1 N–H and O–H groups in total. The lowest BCUT2D eigenvalue weighted by Crippen LogP contribution is -2.10. The number of hydrogen-bond acceptors (Lipinski definition) is 4. The van der Waals surface area contributed by atoms with Gasteiger partial charge < -0.3 is 14.6 Å². The lowest BCUT2D eigenvalue weighted by molar-refractivity contribution is -0.136. The van der Waals surface area contributed by atoms with Gasteiger partial charge in [0.25, 0.3) is 0 Å². The van der Waals surface area contributed by atoms with Gasteiger partial charge in [0, 0.05) is 12.0 Å². The summed E-state index contributed by atoms with van der Waals surface area (Å²) in [5.74, 6) is -0.939. The Labute approximate surface area is 192 Å². The second-order valence-corrected chi connectivity index (χ2v) is 7.87. The Hall–Kier alpha value is -3.67. The van der Waals surface area contributed by atoms with Crippen LogP contribution in [0, 0.1) is 12.7 Å². The quantitative estimate of drug-likeness (QED) is 0.342. The minimum Gasteiger partial charge on any atom is -0.497 e. The van der Waals surface area contributed by atoms with E-state index in [0.717, 1.165) is 5.56 Å². The van der Waals surface area contributed by atoms with E-state index in [-0.39, 0.29) is 12.2 Å². The van der Waals surface area contributed by atoms with Gasteiger partial charge in [-0.3, -0.25) is 4.79 Å². The highest BCUT2D eigenvalue weighted by molar-refractivity contribution is 5.93. The summed E-state index contributed by atoms with van der Waals surface area (Å²) in [5, 5.41) is 8.80. The molecule has 0 heterocycles. The van der Waals surface area contributed by atoms with Crippen LogP contribution in [0.2, 0.25) is 0 Å². The van der Waals surface area contributed by atoms with Crippen LogP contribution in [0.3, 0.4) is 0 Å². The Kier molecular flexibility index (Phi) is 8.19. The van der Waals surface area contributed by atoms with Crippen molar-refractivity contribution in [2.24, 2.45) is 0 Å². The lowest BCUT2D eigenvalue weighted by atomic mass is 9.99. The minimum absolute atomic E-state index is 0.00119. The fourth-order valence-corrected chi connectivity index (χ4v) is 3.09. The lowest BCUT2D eigenvalue weighted by Gasteiger charge is -2.11. The zero-order chi connectivity index (χ0) is 23.8. The maximum atomic E-state index is 14.2. The zero-order valence-electron chi connectivity index (χ0n) is 18.8. The molecule has 172 valence electrons. The fourth-order valence-electron chi connectivity index (χ4n) is 3.09. The molecular formula is C27H27FO5. The molecule has 3 aromatic rings. The number of carbonyl (C=O) groups excluding carboxylic acids is 1. The van der Waals surface area contributed by atoms with E-state index in [1.54, 1.807) is 61.5 Å². The van der Waals surface area contributed by atoms with Gasteiger partial charge in [-0.05, 0) is 66.4 Å². The Morgan fingerprint density at radius 3 is 2.36 bits per heavy atom. The summed E-state index contributed by atoms with van der Waals surface area (Å²) < 4.78 is 24.8. The number of aryl methyl sites for hydroxylation is 2. The number of methoxy groups -OCH3 is 1. The Balaban J connectivity index is 0.000000942. The molecule has 0 spiro atoms. The molecule has 0 amide bonds. The molecular weight excluding hydrogens is 423 g/mol. The van der Waals surface area contributed by atoms with Crippen LogP contribution >= 0.6 is 0 Å². The molecule has 5 nitrogen and oxygen atoms in total. The highest BCUT2D eigenvalue weighted by Crippen LogP contribution is 2.29. The van der Waals surface area contributed by atoms with Gasteiger partial charge in [-0.2, -0.15) is 0 Å². The van der Waals surface area contributed by atoms with Gasteiger partial charge in [-0.15, -0.1) is 0 Å². The SMILES string of the molecule is C1CC1.COc1ccc(F)c(-c2ccc(C(=O)Oc3cccc(CCC(=O)O)c3)c(C)c2)c1. The first-order valence-corrected chi connectivity index (χ1v) is 10.8. The van der Waals surface area contributed by atoms with Gasteiger partial charge in [0.15, 0.2) is 0 Å². The highest BCUT2D eigenvalue weighted by atomic mass is 19.1. The molecule has 6 heteroatoms. The molecule has 1 fully saturated rings. The van der Waals surface area contributed by atoms with Crippen LogP contribution in [0.5, 0.6) is 11.5 Å². The summed E-state index contributed by atoms with van der Waals surface area (Å²) in [5.41, 5.74) is 2.77. The summed E-state index contributed by atoms with van der Waals surface area (Å²) in [6.07, 6.45) is 4.85. The molecule has 0 unspecified atom stereocenters. The molecule has 1 aliphatic carbocycles. The van der Waals surface area contributed by atoms with E-state index in [1.165, 1.54) is 32.4 Å². The van der Waals surface area contributed by atoms with Crippen LogP contribution in [-0.2, 0) is 11.2 Å². The molecule has 0 saturated heterocycles. The molecule has 3 aromatic carbocycles. The number of rotatable bonds is 7. The number of carboxylic acids is 1. The van der Waals surface area contributed by atoms with Gasteiger partial charge in [-0.25, -0.2) is 9.18 Å². The van der Waals surface area contributed by atoms with E-state index >= 15 is 0 Å². The van der Waals surface area contributed by atoms with Crippen molar-refractivity contribution in [3.63, 3.8) is 0 Å². The fraction of sp³-hybridized carbons (Fsp3) is 0.259. The van der Waals surface area contributed by atoms with E-state index in [1.807, 2.05) is 0 Å². The van der Waals surface area contributed by atoms with Crippen LogP contribution in [0.25, 0.3) is 11.1 Å². The average molecular weight is 451 g/mol. The van der Waals surface area contributed by atoms with Crippen LogP contribution in [0.15, 0.2) is 60.7 Å². The van der Waals surface area contributed by atoms with Gasteiger partial charge in [0.05, 0.1) is 12.7 Å². The molecule has 0 radical (unpaired) electrons. The average Bonchev–Trinajstić information content (AvgIpc) is 3.68. The molecule has 1 saturated carbocycles. The number of carboxylic acid groups (broad SMARTS) is 1. The third kappa shape index (κ3) is 7.17. The molecule has 1 aliphatic rings. The van der Waals surface area contributed by atoms with Crippen LogP contribution < -0.4 is 9.47 Å². The predicted octanol–water partition coefficient (Wildman–Crippen LogP) is 6.22. The molecule has 0 aliphatic heterocycles. The molecule has 0 atom stereocenters. The Morgan fingerprint density at radius 2 is 1.73 bits per heavy atom. The van der Waals surface area contributed by atoms with Crippen molar-refractivity contribution in [1.82, 2.24) is 0 Å². The second kappa shape index (κ2) is 11.3. The molecule has 0 bridgehead atoms. The van der Waals surface area contributed by atoms with E-state index in [0.29, 0.717) is 40.2 Å². The first-order valence-electron chi connectivity index (χ1n) is 10.8. The summed E-state index contributed by atoms with van der Waals surface area (Å²) in [7, 11) is 1.51. The normalized spacial score (nSPS) is 11.7. The van der Waals surface area contributed by atoms with Crippen molar-refractivity contribution in [3.8, 4) is 22.6 Å². The molecule has 4 rings (SSSR count). The number of esters is 1. The summed E-state index contributed by atoms with van der Waals surface area (Å²) >= 11 is 0. The smallest absolute Gasteiger partial charge is 0.343 e. The Morgan fingerprint density at radius 1 is 0.970 bits per heavy atom. The number of benzene rings is 3. The molecule has 33 heavy (non-hydrogen) atoms. The topological polar surface area (TPSA) is 72.8 Å². The Bertz CT molecular complexity index is 1130. The van der Waals surface area contributed by atoms with Crippen molar-refractivity contribution < 1.29 is 28.6 Å². The first-order chi connectivity index (χ1) is 15.9. The second-order valence-electron chi connectivity index (χ2n) is 7.87. The number of aliphatic carboxylic acids is 1. The van der Waals surface area contributed by atoms with E-state index in [4.69, 9.17) is 14.6 Å². The number of hydrogen-bond donors (Lipinski definition) is 1. The monoisotopic (exact) mass is 450 g/mol. The van der Waals surface area contributed by atoms with Gasteiger partial charge in [0.2, 0.25) is 0 Å². The van der Waals surface area contributed by atoms with Crippen molar-refractivity contribution >= 4 is 11.9 Å². The van der Waals surface area contributed by atoms with Crippen molar-refractivity contribution in [1.29, 1.82) is 0 Å². The van der Waals surface area contributed by atoms with Gasteiger partial charge in [-0.1, -0.05) is 43.5 Å². The summed E-state index contributed by atoms with van der Waals surface area (Å²) in [6, 6.07) is 16.2. The largest absolute Gasteiger partial charge is 0.497 e. The van der Waals surface area contributed by atoms with Gasteiger partial charge >= 0.3 is 11.9 Å². The van der Waals surface area contributed by atoms with Crippen LogP contribution in [0.4, 0.5) is 4.39 Å². The minimum atomic E-state index is -0.888. The van der Waals surface area contributed by atoms with Crippen molar-refractivity contribution in [2.45, 2.75) is 39.0 Å². The van der Waals surface area contributed by atoms with E-state index in [2.05, 4.69) is 0 Å². The summed E-state index contributed by atoms with van der Waals surface area (Å²) in [4.78, 5) is 23.3. The zero-order valence-corrected chi connectivity index (χ0v) is 18.8. The van der Waals surface area contributed by atoms with Crippen molar-refractivity contribution in [2.75, 3.05) is 7.11 Å².